The maximum atomic E-state index is 12.8. The van der Waals surface area contributed by atoms with Crippen LogP contribution >= 0.6 is 0 Å². The van der Waals surface area contributed by atoms with Crippen molar-refractivity contribution in [2.24, 2.45) is 0 Å². The van der Waals surface area contributed by atoms with E-state index in [-0.39, 0.29) is 19.6 Å². The van der Waals surface area contributed by atoms with Crippen LogP contribution in [0.1, 0.15) is 129 Å². The molecular formula is C47H76O12S. The average molecular weight is 865 g/mol. The van der Waals surface area contributed by atoms with Crippen molar-refractivity contribution in [3.05, 3.63) is 97.2 Å². The zero-order valence-electron chi connectivity index (χ0n) is 36.2. The second kappa shape index (κ2) is 37.8. The number of carbonyl (C=O) groups is 1. The molecule has 13 heteroatoms. The Morgan fingerprint density at radius 1 is 0.633 bits per heavy atom. The van der Waals surface area contributed by atoms with Crippen molar-refractivity contribution >= 4 is 16.4 Å². The molecule has 1 rings (SSSR count). The largest absolute Gasteiger partial charge is 0.457 e. The van der Waals surface area contributed by atoms with Crippen LogP contribution < -0.4 is 0 Å². The fourth-order valence-electron chi connectivity index (χ4n) is 5.96. The van der Waals surface area contributed by atoms with E-state index in [0.29, 0.717) is 13.0 Å². The van der Waals surface area contributed by atoms with E-state index in [1.54, 1.807) is 0 Å². The molecule has 1 heterocycles. The summed E-state index contributed by atoms with van der Waals surface area (Å²) in [5, 5.41) is 30.6. The van der Waals surface area contributed by atoms with E-state index in [4.69, 9.17) is 23.5 Å². The van der Waals surface area contributed by atoms with Crippen LogP contribution in [0.2, 0.25) is 0 Å². The lowest BCUT2D eigenvalue weighted by atomic mass is 9.99. The lowest BCUT2D eigenvalue weighted by Gasteiger charge is -2.41. The number of esters is 1. The summed E-state index contributed by atoms with van der Waals surface area (Å²) in [6, 6.07) is 0. The first-order valence-corrected chi connectivity index (χ1v) is 23.4. The number of hydrogen-bond acceptors (Lipinski definition) is 11. The van der Waals surface area contributed by atoms with Crippen molar-refractivity contribution in [3.63, 3.8) is 0 Å². The Bertz CT molecular complexity index is 1410. The van der Waals surface area contributed by atoms with E-state index in [0.717, 1.165) is 103 Å². The van der Waals surface area contributed by atoms with E-state index < -0.39 is 59.8 Å². The lowest BCUT2D eigenvalue weighted by Crippen LogP contribution is -2.60. The molecule has 0 radical (unpaired) electrons. The van der Waals surface area contributed by atoms with Gasteiger partial charge >= 0.3 is 16.4 Å². The average Bonchev–Trinajstić information content (AvgIpc) is 3.22. The summed E-state index contributed by atoms with van der Waals surface area (Å²) in [5.41, 5.74) is 0. The Balaban J connectivity index is 2.49. The van der Waals surface area contributed by atoms with Gasteiger partial charge in [-0.3, -0.25) is 9.35 Å². The maximum absolute atomic E-state index is 12.8. The summed E-state index contributed by atoms with van der Waals surface area (Å²) in [7, 11) is -5.08. The molecule has 0 saturated carbocycles. The van der Waals surface area contributed by atoms with E-state index in [9.17, 15) is 28.5 Å². The molecule has 60 heavy (non-hydrogen) atoms. The van der Waals surface area contributed by atoms with Crippen LogP contribution in [0.4, 0.5) is 0 Å². The molecule has 1 saturated heterocycles. The molecule has 0 aromatic rings. The first-order valence-electron chi connectivity index (χ1n) is 22.0. The quantitative estimate of drug-likeness (QED) is 0.0204. The smallest absolute Gasteiger partial charge is 0.397 e. The number of aliphatic hydroxyl groups is 3. The molecule has 12 nitrogen and oxygen atoms in total. The van der Waals surface area contributed by atoms with E-state index >= 15 is 0 Å². The molecule has 1 aliphatic heterocycles. The fourth-order valence-corrected chi connectivity index (χ4v) is 6.47. The third-order valence-corrected chi connectivity index (χ3v) is 9.67. The first-order chi connectivity index (χ1) is 29.1. The molecule has 0 bridgehead atoms. The molecule has 0 aromatic heterocycles. The second-order valence-corrected chi connectivity index (χ2v) is 15.6. The number of unbranched alkanes of at least 4 members (excludes halogenated alkanes) is 7. The Hall–Kier alpha value is -2.98. The molecular weight excluding hydrogens is 789 g/mol. The van der Waals surface area contributed by atoms with Crippen molar-refractivity contribution in [1.29, 1.82) is 0 Å². The first kappa shape index (κ1) is 55.0. The highest BCUT2D eigenvalue weighted by Crippen LogP contribution is 2.26. The van der Waals surface area contributed by atoms with Crippen molar-refractivity contribution in [3.8, 4) is 0 Å². The number of allylic oxidation sites excluding steroid dienone is 16. The number of ether oxygens (including phenoxy) is 4. The summed E-state index contributed by atoms with van der Waals surface area (Å²) < 4.78 is 58.9. The molecule has 0 spiro atoms. The molecule has 4 N–H and O–H groups in total. The topological polar surface area (TPSA) is 178 Å². The van der Waals surface area contributed by atoms with Gasteiger partial charge in [0.1, 0.15) is 30.5 Å². The zero-order valence-corrected chi connectivity index (χ0v) is 37.0. The molecule has 0 aliphatic carbocycles. The summed E-state index contributed by atoms with van der Waals surface area (Å²) in [5.74, 6) is -0.437. The third kappa shape index (κ3) is 31.0. The normalized spacial score (nSPS) is 21.2. The molecule has 0 amide bonds. The second-order valence-electron chi connectivity index (χ2n) is 14.5. The van der Waals surface area contributed by atoms with Gasteiger partial charge in [0, 0.05) is 13.0 Å². The fraction of sp³-hybridized carbons (Fsp3) is 0.638. The minimum Gasteiger partial charge on any atom is -0.457 e. The number of carbonyl (C=O) groups excluding carboxylic acids is 1. The number of rotatable bonds is 36. The van der Waals surface area contributed by atoms with Crippen molar-refractivity contribution in [1.82, 2.24) is 0 Å². The van der Waals surface area contributed by atoms with Gasteiger partial charge in [-0.2, -0.15) is 8.42 Å². The molecule has 6 unspecified atom stereocenters. The van der Waals surface area contributed by atoms with Crippen LogP contribution in [-0.2, 0) is 38.3 Å². The predicted molar refractivity (Wildman–Crippen MR) is 238 cm³/mol. The van der Waals surface area contributed by atoms with Gasteiger partial charge in [-0.1, -0.05) is 137 Å². The monoisotopic (exact) mass is 865 g/mol. The van der Waals surface area contributed by atoms with Gasteiger partial charge in [-0.15, -0.1) is 0 Å². The number of hydrogen-bond donors (Lipinski definition) is 4. The highest BCUT2D eigenvalue weighted by Gasteiger charge is 2.48. The predicted octanol–water partition coefficient (Wildman–Crippen LogP) is 9.07. The zero-order chi connectivity index (χ0) is 43.9. The van der Waals surface area contributed by atoms with E-state index in [2.05, 4.69) is 115 Å². The van der Waals surface area contributed by atoms with Crippen LogP contribution in [0, 0.1) is 0 Å². The highest BCUT2D eigenvalue weighted by molar-refractivity contribution is 7.80. The van der Waals surface area contributed by atoms with Gasteiger partial charge in [0.25, 0.3) is 0 Å². The van der Waals surface area contributed by atoms with Crippen molar-refractivity contribution in [2.45, 2.75) is 166 Å². The van der Waals surface area contributed by atoms with Crippen LogP contribution in [0.15, 0.2) is 97.2 Å². The lowest BCUT2D eigenvalue weighted by molar-refractivity contribution is -0.301. The van der Waals surface area contributed by atoms with Crippen molar-refractivity contribution < 1.29 is 56.2 Å². The highest BCUT2D eigenvalue weighted by atomic mass is 32.3. The van der Waals surface area contributed by atoms with Crippen molar-refractivity contribution in [2.75, 3.05) is 26.4 Å². The Kier molecular flexibility index (Phi) is 34.6. The van der Waals surface area contributed by atoms with Crippen LogP contribution in [0.5, 0.6) is 0 Å². The van der Waals surface area contributed by atoms with Gasteiger partial charge in [0.05, 0.1) is 19.8 Å². The molecule has 1 fully saturated rings. The van der Waals surface area contributed by atoms with Gasteiger partial charge < -0.3 is 34.3 Å². The van der Waals surface area contributed by atoms with Crippen LogP contribution in [0.25, 0.3) is 0 Å². The number of aliphatic hydroxyl groups excluding tert-OH is 3. The Morgan fingerprint density at radius 2 is 1.10 bits per heavy atom. The summed E-state index contributed by atoms with van der Waals surface area (Å²) in [4.78, 5) is 12.8. The Labute approximate surface area is 361 Å². The van der Waals surface area contributed by atoms with Crippen LogP contribution in [-0.4, -0.2) is 97.5 Å². The van der Waals surface area contributed by atoms with Gasteiger partial charge in [0.2, 0.25) is 0 Å². The summed E-state index contributed by atoms with van der Waals surface area (Å²) in [6.45, 7) is 3.56. The van der Waals surface area contributed by atoms with Gasteiger partial charge in [-0.05, 0) is 83.5 Å². The summed E-state index contributed by atoms with van der Waals surface area (Å²) in [6.07, 6.45) is 41.7. The molecule has 6 atom stereocenters. The maximum Gasteiger partial charge on any atom is 0.397 e. The molecule has 342 valence electrons. The summed E-state index contributed by atoms with van der Waals surface area (Å²) >= 11 is 0. The third-order valence-electron chi connectivity index (χ3n) is 9.20. The van der Waals surface area contributed by atoms with E-state index in [1.165, 1.54) is 0 Å². The van der Waals surface area contributed by atoms with E-state index in [1.807, 2.05) is 0 Å². The Morgan fingerprint density at radius 3 is 1.60 bits per heavy atom. The standard InChI is InChI=1S/C47H76O12S/c1-3-5-7-9-11-13-15-17-19-20-21-22-23-24-26-28-30-32-34-36-43(49)57-41(39-55-37-35-33-31-29-27-25-18-16-14-12-10-8-6-4-2)40-56-47-45(51)46(59-60(52,53)54)44(50)42(38-48)58-47/h5-8,11-14,17-19,21-22,25,29,31,41-42,44-48,50-51H,3-4,9-10,15-16,20,23-24,26-28,30,32-40H2,1-2H3,(H,52,53,54)/b7-5-,8-6-,13-11-,14-12-,19-17-,22-21-,25-18-,31-29-. The molecule has 0 aromatic carbocycles. The van der Waals surface area contributed by atoms with Gasteiger partial charge in [-0.25, -0.2) is 4.18 Å². The minimum atomic E-state index is -5.08. The minimum absolute atomic E-state index is 0.0148. The van der Waals surface area contributed by atoms with Crippen LogP contribution in [0.3, 0.4) is 0 Å². The SMILES string of the molecule is CC/C=C\C/C=C\C/C=C\C/C=C\CCCCCCCCC(=O)OC(COCCC/C=C\C/C=C\C/C=C\C/C=C\CC)COC1OC(CO)C(O)C(OS(=O)(=O)O)C1O. The van der Waals surface area contributed by atoms with Gasteiger partial charge in [0.15, 0.2) is 6.29 Å². The molecule has 1 aliphatic rings.